The van der Waals surface area contributed by atoms with Gasteiger partial charge < -0.3 is 10.5 Å². The van der Waals surface area contributed by atoms with Gasteiger partial charge in [0.15, 0.2) is 5.75 Å². The molecule has 0 bridgehead atoms. The number of aromatic nitrogens is 3. The van der Waals surface area contributed by atoms with Gasteiger partial charge in [-0.2, -0.15) is 9.97 Å². The van der Waals surface area contributed by atoms with Crippen molar-refractivity contribution in [3.63, 3.8) is 0 Å². The Hall–Kier alpha value is -1.21. The number of nitrogen functional groups attached to an aromatic ring is 1. The molecule has 5 nitrogen and oxygen atoms in total. The SMILES string of the molecule is Nc1cc(Br)nc(Oc2cncc(Br)c2)n1. The van der Waals surface area contributed by atoms with Crippen molar-refractivity contribution < 1.29 is 4.74 Å². The van der Waals surface area contributed by atoms with Gasteiger partial charge in [0.25, 0.3) is 0 Å². The number of pyridine rings is 1. The predicted octanol–water partition coefficient (Wildman–Crippen LogP) is 2.77. The van der Waals surface area contributed by atoms with Gasteiger partial charge in [-0.15, -0.1) is 0 Å². The van der Waals surface area contributed by atoms with Crippen molar-refractivity contribution >= 4 is 37.7 Å². The first-order chi connectivity index (χ1) is 7.63. The maximum atomic E-state index is 5.56. The van der Waals surface area contributed by atoms with Gasteiger partial charge in [-0.3, -0.25) is 4.98 Å². The van der Waals surface area contributed by atoms with Gasteiger partial charge in [0.05, 0.1) is 6.20 Å². The van der Waals surface area contributed by atoms with Crippen LogP contribution in [0.25, 0.3) is 0 Å². The average molecular weight is 346 g/mol. The molecule has 0 saturated heterocycles. The molecule has 0 unspecified atom stereocenters. The number of nitrogens with zero attached hydrogens (tertiary/aromatic N) is 3. The zero-order chi connectivity index (χ0) is 11.5. The number of hydrogen-bond donors (Lipinski definition) is 1. The van der Waals surface area contributed by atoms with E-state index in [9.17, 15) is 0 Å². The highest BCUT2D eigenvalue weighted by molar-refractivity contribution is 9.10. The van der Waals surface area contributed by atoms with Crippen molar-refractivity contribution in [2.75, 3.05) is 5.73 Å². The third-order valence-corrected chi connectivity index (χ3v) is 2.42. The van der Waals surface area contributed by atoms with E-state index in [0.717, 1.165) is 4.47 Å². The summed E-state index contributed by atoms with van der Waals surface area (Å²) in [5.74, 6) is 0.867. The molecule has 0 saturated carbocycles. The number of rotatable bonds is 2. The molecule has 0 aliphatic heterocycles. The van der Waals surface area contributed by atoms with Gasteiger partial charge in [0.2, 0.25) is 0 Å². The summed E-state index contributed by atoms with van der Waals surface area (Å²) in [5, 5.41) is 0. The molecule has 0 spiro atoms. The Kier molecular flexibility index (Phi) is 3.35. The Bertz CT molecular complexity index is 500. The first kappa shape index (κ1) is 11.3. The Labute approximate surface area is 108 Å². The van der Waals surface area contributed by atoms with Gasteiger partial charge in [0.1, 0.15) is 10.4 Å². The second-order valence-electron chi connectivity index (χ2n) is 2.84. The lowest BCUT2D eigenvalue weighted by molar-refractivity contribution is 0.439. The Morgan fingerprint density at radius 1 is 1.12 bits per heavy atom. The molecule has 82 valence electrons. The molecular formula is C9H6Br2N4O. The molecule has 0 aliphatic carbocycles. The van der Waals surface area contributed by atoms with E-state index in [1.807, 2.05) is 0 Å². The summed E-state index contributed by atoms with van der Waals surface area (Å²) in [6.07, 6.45) is 3.22. The third kappa shape index (κ3) is 2.89. The summed E-state index contributed by atoms with van der Waals surface area (Å²) < 4.78 is 6.78. The summed E-state index contributed by atoms with van der Waals surface area (Å²) in [4.78, 5) is 11.9. The molecule has 0 aliphatic rings. The van der Waals surface area contributed by atoms with E-state index in [-0.39, 0.29) is 6.01 Å². The van der Waals surface area contributed by atoms with Crippen LogP contribution in [-0.4, -0.2) is 15.0 Å². The van der Waals surface area contributed by atoms with E-state index in [1.54, 1.807) is 24.5 Å². The van der Waals surface area contributed by atoms with Crippen molar-refractivity contribution in [2.24, 2.45) is 0 Å². The van der Waals surface area contributed by atoms with Gasteiger partial charge in [-0.1, -0.05) is 0 Å². The molecule has 2 N–H and O–H groups in total. The fourth-order valence-electron chi connectivity index (χ4n) is 1.01. The van der Waals surface area contributed by atoms with Crippen LogP contribution in [0.2, 0.25) is 0 Å². The molecule has 2 aromatic rings. The predicted molar refractivity (Wildman–Crippen MR) is 66.2 cm³/mol. The van der Waals surface area contributed by atoms with Gasteiger partial charge >= 0.3 is 6.01 Å². The Balaban J connectivity index is 2.27. The fraction of sp³-hybridized carbons (Fsp3) is 0. The lowest BCUT2D eigenvalue weighted by Crippen LogP contribution is -1.97. The molecular weight excluding hydrogens is 340 g/mol. The smallest absolute Gasteiger partial charge is 0.325 e. The molecule has 2 heterocycles. The minimum absolute atomic E-state index is 0.173. The minimum Gasteiger partial charge on any atom is -0.423 e. The summed E-state index contributed by atoms with van der Waals surface area (Å²) >= 11 is 6.49. The van der Waals surface area contributed by atoms with Crippen molar-refractivity contribution in [1.82, 2.24) is 15.0 Å². The monoisotopic (exact) mass is 344 g/mol. The molecule has 2 rings (SSSR count). The lowest BCUT2D eigenvalue weighted by atomic mass is 10.5. The number of nitrogens with two attached hydrogens (primary N) is 1. The van der Waals surface area contributed by atoms with Crippen LogP contribution in [0.15, 0.2) is 33.6 Å². The zero-order valence-corrected chi connectivity index (χ0v) is 11.1. The number of ether oxygens (including phenoxy) is 1. The van der Waals surface area contributed by atoms with Crippen LogP contribution in [0.4, 0.5) is 5.82 Å². The maximum Gasteiger partial charge on any atom is 0.325 e. The first-order valence-electron chi connectivity index (χ1n) is 4.22. The molecule has 7 heteroatoms. The number of halogens is 2. The van der Waals surface area contributed by atoms with Gasteiger partial charge in [-0.25, -0.2) is 0 Å². The fourth-order valence-corrected chi connectivity index (χ4v) is 1.74. The molecule has 0 amide bonds. The van der Waals surface area contributed by atoms with E-state index in [4.69, 9.17) is 10.5 Å². The zero-order valence-electron chi connectivity index (χ0n) is 7.89. The molecule has 0 fully saturated rings. The summed E-state index contributed by atoms with van der Waals surface area (Å²) in [6.45, 7) is 0. The third-order valence-electron chi connectivity index (χ3n) is 1.58. The van der Waals surface area contributed by atoms with Gasteiger partial charge in [0, 0.05) is 16.7 Å². The highest BCUT2D eigenvalue weighted by Gasteiger charge is 2.04. The highest BCUT2D eigenvalue weighted by Crippen LogP contribution is 2.22. The van der Waals surface area contributed by atoms with Crippen molar-refractivity contribution in [3.8, 4) is 11.8 Å². The van der Waals surface area contributed by atoms with Crippen LogP contribution in [-0.2, 0) is 0 Å². The van der Waals surface area contributed by atoms with E-state index < -0.39 is 0 Å². The van der Waals surface area contributed by atoms with Crippen LogP contribution in [0.5, 0.6) is 11.8 Å². The minimum atomic E-state index is 0.173. The first-order valence-corrected chi connectivity index (χ1v) is 5.80. The Morgan fingerprint density at radius 3 is 2.62 bits per heavy atom. The van der Waals surface area contributed by atoms with E-state index in [2.05, 4.69) is 46.8 Å². The van der Waals surface area contributed by atoms with Crippen molar-refractivity contribution in [1.29, 1.82) is 0 Å². The quantitative estimate of drug-likeness (QED) is 0.847. The molecule has 2 aromatic heterocycles. The summed E-state index contributed by atoms with van der Waals surface area (Å²) in [7, 11) is 0. The molecule has 0 radical (unpaired) electrons. The van der Waals surface area contributed by atoms with Crippen LogP contribution in [0.3, 0.4) is 0 Å². The lowest BCUT2D eigenvalue weighted by Gasteiger charge is -2.04. The van der Waals surface area contributed by atoms with Crippen LogP contribution < -0.4 is 10.5 Å². The standard InChI is InChI=1S/C9H6Br2N4O/c10-5-1-6(4-13-3-5)16-9-14-7(11)2-8(12)15-9/h1-4H,(H2,12,14,15). The van der Waals surface area contributed by atoms with Gasteiger partial charge in [-0.05, 0) is 37.9 Å². The van der Waals surface area contributed by atoms with Crippen LogP contribution >= 0.6 is 31.9 Å². The average Bonchev–Trinajstić information content (AvgIpc) is 2.15. The highest BCUT2D eigenvalue weighted by atomic mass is 79.9. The summed E-state index contributed by atoms with van der Waals surface area (Å²) in [5.41, 5.74) is 5.56. The van der Waals surface area contributed by atoms with Crippen LogP contribution in [0.1, 0.15) is 0 Å². The van der Waals surface area contributed by atoms with E-state index in [1.165, 1.54) is 0 Å². The van der Waals surface area contributed by atoms with Crippen molar-refractivity contribution in [3.05, 3.63) is 33.6 Å². The second-order valence-corrected chi connectivity index (χ2v) is 4.57. The van der Waals surface area contributed by atoms with Crippen LogP contribution in [0, 0.1) is 0 Å². The molecule has 16 heavy (non-hydrogen) atoms. The topological polar surface area (TPSA) is 73.9 Å². The van der Waals surface area contributed by atoms with E-state index in [0.29, 0.717) is 16.2 Å². The largest absolute Gasteiger partial charge is 0.423 e. The summed E-state index contributed by atoms with van der Waals surface area (Å²) in [6, 6.07) is 3.52. The second kappa shape index (κ2) is 4.75. The number of anilines is 1. The molecule has 0 aromatic carbocycles. The Morgan fingerprint density at radius 2 is 1.94 bits per heavy atom. The van der Waals surface area contributed by atoms with Crippen molar-refractivity contribution in [2.45, 2.75) is 0 Å². The normalized spacial score (nSPS) is 10.1. The maximum absolute atomic E-state index is 5.56. The molecule has 0 atom stereocenters. The number of hydrogen-bond acceptors (Lipinski definition) is 5. The van der Waals surface area contributed by atoms with E-state index >= 15 is 0 Å².